The average molecular weight is 710 g/mol. The van der Waals surface area contributed by atoms with Crippen molar-refractivity contribution in [3.63, 3.8) is 0 Å². The molecule has 0 heterocycles. The van der Waals surface area contributed by atoms with Crippen LogP contribution in [0.4, 0.5) is 5.69 Å². The normalized spacial score (nSPS) is 12.6. The van der Waals surface area contributed by atoms with Crippen molar-refractivity contribution < 1.29 is 10.2 Å². The highest BCUT2D eigenvalue weighted by atomic mass is 16.3. The van der Waals surface area contributed by atoms with Crippen molar-refractivity contribution in [1.29, 1.82) is 0 Å². The molecule has 0 aliphatic carbocycles. The fraction of sp³-hybridized carbons (Fsp3) is 0.400. The van der Waals surface area contributed by atoms with Gasteiger partial charge in [-0.15, -0.1) is 0 Å². The van der Waals surface area contributed by atoms with Gasteiger partial charge >= 0.3 is 0 Å². The highest BCUT2D eigenvalue weighted by molar-refractivity contribution is 5.55. The van der Waals surface area contributed by atoms with Crippen LogP contribution in [0.5, 0.6) is 11.5 Å². The molecule has 2 N–H and O–H groups in total. The third-order valence-corrected chi connectivity index (χ3v) is 10.3. The van der Waals surface area contributed by atoms with Crippen LogP contribution in [-0.2, 0) is 47.6 Å². The number of hydrogen-bond acceptors (Lipinski definition) is 3. The van der Waals surface area contributed by atoms with Gasteiger partial charge in [0.2, 0.25) is 0 Å². The molecule has 0 aromatic heterocycles. The Morgan fingerprint density at radius 1 is 0.377 bits per heavy atom. The summed E-state index contributed by atoms with van der Waals surface area (Å²) in [7, 11) is 0. The maximum atomic E-state index is 11.5. The second-order valence-corrected chi connectivity index (χ2v) is 19.3. The maximum absolute atomic E-state index is 11.5. The number of nitrogens with zero attached hydrogens (tertiary/aromatic N) is 1. The Morgan fingerprint density at radius 2 is 0.660 bits per heavy atom. The minimum absolute atomic E-state index is 0.216. The fourth-order valence-corrected chi connectivity index (χ4v) is 7.20. The molecule has 280 valence electrons. The predicted molar refractivity (Wildman–Crippen MR) is 226 cm³/mol. The second kappa shape index (κ2) is 15.1. The maximum Gasteiger partial charge on any atom is 0.123 e. The lowest BCUT2D eigenvalue weighted by Crippen LogP contribution is -2.25. The van der Waals surface area contributed by atoms with Crippen LogP contribution in [0.15, 0.2) is 103 Å². The molecule has 0 amide bonds. The monoisotopic (exact) mass is 709 g/mol. The molecule has 0 radical (unpaired) electrons. The SMILES string of the molecule is CC(C)(C)c1cc(CN(Cc2cc(C(C)(C)C)c(O)c(C(C)(C)C)c2)c2ccc(Cc3ccc(Cc4ccccc4)cc3)cc2)cc(C(C)(C)C)c1O. The first-order valence-corrected chi connectivity index (χ1v) is 19.3. The molecule has 0 fully saturated rings. The van der Waals surface area contributed by atoms with E-state index in [2.05, 4.69) is 191 Å². The zero-order valence-electron chi connectivity index (χ0n) is 34.5. The summed E-state index contributed by atoms with van der Waals surface area (Å²) in [6.45, 7) is 27.4. The van der Waals surface area contributed by atoms with Gasteiger partial charge in [-0.1, -0.05) is 150 Å². The van der Waals surface area contributed by atoms with Crippen molar-refractivity contribution >= 4 is 5.69 Å². The van der Waals surface area contributed by atoms with E-state index >= 15 is 0 Å². The molecule has 0 atom stereocenters. The summed E-state index contributed by atoms with van der Waals surface area (Å²) in [6.07, 6.45) is 1.81. The summed E-state index contributed by atoms with van der Waals surface area (Å²) in [5.74, 6) is 0.807. The summed E-state index contributed by atoms with van der Waals surface area (Å²) in [5.41, 5.74) is 11.7. The summed E-state index contributed by atoms with van der Waals surface area (Å²) in [5, 5.41) is 23.0. The van der Waals surface area contributed by atoms with Crippen LogP contribution in [0.1, 0.15) is 139 Å². The lowest BCUT2D eigenvalue weighted by molar-refractivity contribution is 0.422. The Balaban J connectivity index is 1.52. The highest BCUT2D eigenvalue weighted by Crippen LogP contribution is 2.42. The van der Waals surface area contributed by atoms with Gasteiger partial charge in [-0.25, -0.2) is 0 Å². The van der Waals surface area contributed by atoms with Crippen LogP contribution in [0, 0.1) is 0 Å². The standard InChI is InChI=1S/C50H63NO2/c1-47(2,3)41-28-38(29-42(45(41)52)48(4,5)6)32-51(33-39-30-43(49(7,8)9)46(53)44(31-39)50(10,11)12)40-24-22-37(23-25-40)27-36-20-18-35(19-21-36)26-34-16-14-13-15-17-34/h13-25,28-31,52-53H,26-27,32-33H2,1-12H3. The summed E-state index contributed by atoms with van der Waals surface area (Å²) in [4.78, 5) is 2.44. The Labute approximate surface area is 320 Å². The van der Waals surface area contributed by atoms with Crippen LogP contribution in [0.25, 0.3) is 0 Å². The lowest BCUT2D eigenvalue weighted by Gasteiger charge is -2.32. The number of phenols is 2. The summed E-state index contributed by atoms with van der Waals surface area (Å²) in [6, 6.07) is 37.5. The van der Waals surface area contributed by atoms with Gasteiger partial charge in [0.15, 0.2) is 0 Å². The van der Waals surface area contributed by atoms with Gasteiger partial charge < -0.3 is 15.1 Å². The van der Waals surface area contributed by atoms with Crippen LogP contribution in [0.2, 0.25) is 0 Å². The Morgan fingerprint density at radius 3 is 0.962 bits per heavy atom. The van der Waals surface area contributed by atoms with Crippen molar-refractivity contribution in [2.75, 3.05) is 4.90 Å². The van der Waals surface area contributed by atoms with E-state index in [0.717, 1.165) is 40.8 Å². The lowest BCUT2D eigenvalue weighted by atomic mass is 9.78. The molecule has 0 bridgehead atoms. The molecular formula is C50H63NO2. The number of phenolic OH excluding ortho intramolecular Hbond substituents is 2. The first-order valence-electron chi connectivity index (χ1n) is 19.3. The molecule has 0 spiro atoms. The smallest absolute Gasteiger partial charge is 0.123 e. The Bertz CT molecular complexity index is 1840. The molecule has 0 saturated heterocycles. The fourth-order valence-electron chi connectivity index (χ4n) is 7.20. The van der Waals surface area contributed by atoms with E-state index in [1.807, 2.05) is 0 Å². The molecule has 0 saturated carbocycles. The summed E-state index contributed by atoms with van der Waals surface area (Å²) >= 11 is 0. The van der Waals surface area contributed by atoms with E-state index in [1.54, 1.807) is 0 Å². The number of hydrogen-bond donors (Lipinski definition) is 2. The van der Waals surface area contributed by atoms with Crippen molar-refractivity contribution in [1.82, 2.24) is 0 Å². The molecule has 0 aliphatic heterocycles. The Kier molecular flexibility index (Phi) is 11.3. The third-order valence-electron chi connectivity index (χ3n) is 10.3. The minimum Gasteiger partial charge on any atom is -0.507 e. The first-order chi connectivity index (χ1) is 24.6. The quantitative estimate of drug-likeness (QED) is 0.160. The Hall–Kier alpha value is -4.50. The van der Waals surface area contributed by atoms with Gasteiger partial charge in [-0.2, -0.15) is 0 Å². The number of benzene rings is 5. The van der Waals surface area contributed by atoms with Crippen molar-refractivity contribution in [3.05, 3.63) is 159 Å². The zero-order chi connectivity index (χ0) is 38.9. The molecule has 5 aromatic rings. The van der Waals surface area contributed by atoms with Crippen molar-refractivity contribution in [3.8, 4) is 11.5 Å². The van der Waals surface area contributed by atoms with Crippen molar-refractivity contribution in [2.24, 2.45) is 0 Å². The van der Waals surface area contributed by atoms with Crippen molar-refractivity contribution in [2.45, 2.75) is 131 Å². The van der Waals surface area contributed by atoms with E-state index in [1.165, 1.54) is 33.4 Å². The van der Waals surface area contributed by atoms with Crippen LogP contribution >= 0.6 is 0 Å². The predicted octanol–water partition coefficient (Wildman–Crippen LogP) is 12.7. The number of anilines is 1. The van der Waals surface area contributed by atoms with E-state index < -0.39 is 0 Å². The van der Waals surface area contributed by atoms with Gasteiger partial charge in [-0.3, -0.25) is 0 Å². The molecular weight excluding hydrogens is 647 g/mol. The molecule has 0 aliphatic rings. The summed E-state index contributed by atoms with van der Waals surface area (Å²) < 4.78 is 0. The molecule has 3 nitrogen and oxygen atoms in total. The molecule has 5 rings (SSSR count). The third kappa shape index (κ3) is 9.93. The topological polar surface area (TPSA) is 43.7 Å². The van der Waals surface area contributed by atoms with Gasteiger partial charge in [0.25, 0.3) is 0 Å². The average Bonchev–Trinajstić information content (AvgIpc) is 3.05. The number of rotatable bonds is 9. The minimum atomic E-state index is -0.216. The van der Waals surface area contributed by atoms with E-state index in [0.29, 0.717) is 24.6 Å². The van der Waals surface area contributed by atoms with E-state index in [-0.39, 0.29) is 21.7 Å². The molecule has 0 unspecified atom stereocenters. The molecule has 3 heteroatoms. The van der Waals surface area contributed by atoms with Crippen LogP contribution in [0.3, 0.4) is 0 Å². The van der Waals surface area contributed by atoms with E-state index in [9.17, 15) is 10.2 Å². The van der Waals surface area contributed by atoms with Gasteiger partial charge in [0.05, 0.1) is 0 Å². The highest BCUT2D eigenvalue weighted by Gasteiger charge is 2.29. The van der Waals surface area contributed by atoms with Gasteiger partial charge in [0.1, 0.15) is 11.5 Å². The largest absolute Gasteiger partial charge is 0.507 e. The second-order valence-electron chi connectivity index (χ2n) is 19.3. The number of aromatic hydroxyl groups is 2. The van der Waals surface area contributed by atoms with Gasteiger partial charge in [0, 0.05) is 18.8 Å². The first kappa shape index (κ1) is 39.7. The van der Waals surface area contributed by atoms with Crippen LogP contribution < -0.4 is 4.90 Å². The van der Waals surface area contributed by atoms with E-state index in [4.69, 9.17) is 0 Å². The molecule has 53 heavy (non-hydrogen) atoms. The zero-order valence-corrected chi connectivity index (χ0v) is 34.5. The van der Waals surface area contributed by atoms with Gasteiger partial charge in [-0.05, 0) is 127 Å². The van der Waals surface area contributed by atoms with Crippen LogP contribution in [-0.4, -0.2) is 10.2 Å². The molecule has 5 aromatic carbocycles.